The van der Waals surface area contributed by atoms with E-state index in [-0.39, 0.29) is 11.5 Å². The number of anilines is 1. The van der Waals surface area contributed by atoms with Crippen LogP contribution in [0.1, 0.15) is 22.5 Å². The zero-order chi connectivity index (χ0) is 17.3. The summed E-state index contributed by atoms with van der Waals surface area (Å²) in [6, 6.07) is 4.56. The normalized spacial score (nSPS) is 14.0. The van der Waals surface area contributed by atoms with E-state index in [9.17, 15) is 18.0 Å². The van der Waals surface area contributed by atoms with Gasteiger partial charge in [-0.05, 0) is 18.6 Å². The van der Waals surface area contributed by atoms with E-state index in [0.717, 1.165) is 6.42 Å². The number of aryl methyl sites for hydroxylation is 2. The Balaban J connectivity index is 1.97. The van der Waals surface area contributed by atoms with Crippen molar-refractivity contribution >= 4 is 11.7 Å². The lowest BCUT2D eigenvalue weighted by molar-refractivity contribution is -0.118. The van der Waals surface area contributed by atoms with Crippen molar-refractivity contribution in [3.63, 3.8) is 0 Å². The van der Waals surface area contributed by atoms with Gasteiger partial charge in [0, 0.05) is 25.2 Å². The van der Waals surface area contributed by atoms with Crippen LogP contribution >= 0.6 is 0 Å². The molecule has 128 valence electrons. The third-order valence-electron chi connectivity index (χ3n) is 3.55. The van der Waals surface area contributed by atoms with Crippen LogP contribution in [-0.4, -0.2) is 40.0 Å². The molecule has 0 saturated heterocycles. The van der Waals surface area contributed by atoms with Gasteiger partial charge in [-0.15, -0.1) is 0 Å². The Morgan fingerprint density at radius 2 is 2.25 bits per heavy atom. The summed E-state index contributed by atoms with van der Waals surface area (Å²) in [6.07, 6.45) is -2.48. The lowest BCUT2D eigenvalue weighted by Gasteiger charge is -2.23. The van der Waals surface area contributed by atoms with E-state index in [4.69, 9.17) is 4.74 Å². The molecule has 0 aliphatic carbocycles. The Kier molecular flexibility index (Phi) is 4.16. The minimum atomic E-state index is -4.56. The second-order valence-corrected chi connectivity index (χ2v) is 5.44. The summed E-state index contributed by atoms with van der Waals surface area (Å²) in [6.45, 7) is 1.21. The van der Waals surface area contributed by atoms with E-state index < -0.39 is 18.6 Å². The number of aromatic nitrogens is 3. The summed E-state index contributed by atoms with van der Waals surface area (Å²) in [5.41, 5.74) is 0.372. The predicted molar refractivity (Wildman–Crippen MR) is 79.0 cm³/mol. The number of fused-ring (bicyclic) bond motifs is 1. The second-order valence-electron chi connectivity index (χ2n) is 5.44. The molecule has 0 saturated carbocycles. The minimum absolute atomic E-state index is 0.0354. The molecule has 3 rings (SSSR count). The van der Waals surface area contributed by atoms with Crippen molar-refractivity contribution in [3.05, 3.63) is 35.7 Å². The van der Waals surface area contributed by atoms with Crippen molar-refractivity contribution in [3.8, 4) is 5.88 Å². The molecule has 9 heteroatoms. The molecule has 0 radical (unpaired) electrons. The fourth-order valence-corrected chi connectivity index (χ4v) is 2.49. The lowest BCUT2D eigenvalue weighted by atomic mass is 10.2. The number of ether oxygens (including phenoxy) is 1. The van der Waals surface area contributed by atoms with E-state index in [1.54, 1.807) is 19.1 Å². The first kappa shape index (κ1) is 16.3. The number of halogens is 3. The molecular formula is C15H15F3N4O2. The molecule has 1 aliphatic heterocycles. The Morgan fingerprint density at radius 3 is 2.92 bits per heavy atom. The summed E-state index contributed by atoms with van der Waals surface area (Å²) >= 11 is 0. The van der Waals surface area contributed by atoms with Crippen LogP contribution in [0, 0.1) is 6.92 Å². The van der Waals surface area contributed by atoms with Crippen LogP contribution in [-0.2, 0) is 6.54 Å². The lowest BCUT2D eigenvalue weighted by Crippen LogP contribution is -2.40. The number of carbonyl (C=O) groups excluding carboxylic acids is 1. The molecule has 1 aliphatic rings. The molecule has 3 heterocycles. The molecule has 1 amide bonds. The predicted octanol–water partition coefficient (Wildman–Crippen LogP) is 2.58. The maximum atomic E-state index is 13.0. The standard InChI is InChI=1S/C15H15F3N4O2/c1-10-4-2-5-19-13(10)21(9-15(16,17)18)14(23)11-8-12-22(20-11)6-3-7-24-12/h2,4-5,8H,3,6-7,9H2,1H3. The average molecular weight is 340 g/mol. The Labute approximate surface area is 135 Å². The molecule has 6 nitrogen and oxygen atoms in total. The number of rotatable bonds is 3. The third-order valence-corrected chi connectivity index (χ3v) is 3.55. The van der Waals surface area contributed by atoms with E-state index in [2.05, 4.69) is 10.1 Å². The summed E-state index contributed by atoms with van der Waals surface area (Å²) in [4.78, 5) is 17.2. The topological polar surface area (TPSA) is 60.2 Å². The van der Waals surface area contributed by atoms with Crippen molar-refractivity contribution < 1.29 is 22.7 Å². The SMILES string of the molecule is Cc1cccnc1N(CC(F)(F)F)C(=O)c1cc2n(n1)CCCO2. The third kappa shape index (κ3) is 3.34. The number of alkyl halides is 3. The highest BCUT2D eigenvalue weighted by molar-refractivity contribution is 6.04. The van der Waals surface area contributed by atoms with Crippen LogP contribution in [0.15, 0.2) is 24.4 Å². The molecule has 0 spiro atoms. The molecule has 0 atom stereocenters. The first-order valence-electron chi connectivity index (χ1n) is 7.36. The summed E-state index contributed by atoms with van der Waals surface area (Å²) < 4.78 is 45.7. The van der Waals surface area contributed by atoms with Crippen LogP contribution in [0.25, 0.3) is 0 Å². The van der Waals surface area contributed by atoms with Crippen molar-refractivity contribution in [1.82, 2.24) is 14.8 Å². The van der Waals surface area contributed by atoms with Crippen LogP contribution in [0.2, 0.25) is 0 Å². The van der Waals surface area contributed by atoms with Crippen LogP contribution in [0.3, 0.4) is 0 Å². The molecule has 24 heavy (non-hydrogen) atoms. The molecular weight excluding hydrogens is 325 g/mol. The van der Waals surface area contributed by atoms with Crippen LogP contribution in [0.5, 0.6) is 5.88 Å². The Bertz CT molecular complexity index is 734. The number of amides is 1. The van der Waals surface area contributed by atoms with E-state index in [0.29, 0.717) is 29.5 Å². The number of carbonyl (C=O) groups is 1. The smallest absolute Gasteiger partial charge is 0.406 e. The van der Waals surface area contributed by atoms with Crippen molar-refractivity contribution in [1.29, 1.82) is 0 Å². The van der Waals surface area contributed by atoms with Crippen molar-refractivity contribution in [2.75, 3.05) is 18.1 Å². The number of hydrogen-bond acceptors (Lipinski definition) is 4. The van der Waals surface area contributed by atoms with E-state index >= 15 is 0 Å². The van der Waals surface area contributed by atoms with Crippen molar-refractivity contribution in [2.45, 2.75) is 26.1 Å². The summed E-state index contributed by atoms with van der Waals surface area (Å²) in [5.74, 6) is -0.513. The van der Waals surface area contributed by atoms with Gasteiger partial charge < -0.3 is 4.74 Å². The molecule has 0 N–H and O–H groups in total. The highest BCUT2D eigenvalue weighted by Crippen LogP contribution is 2.26. The quantitative estimate of drug-likeness (QED) is 0.862. The molecule has 2 aromatic rings. The van der Waals surface area contributed by atoms with Crippen molar-refractivity contribution in [2.24, 2.45) is 0 Å². The highest BCUT2D eigenvalue weighted by Gasteiger charge is 2.36. The minimum Gasteiger partial charge on any atom is -0.478 e. The Hall–Kier alpha value is -2.58. The van der Waals surface area contributed by atoms with Gasteiger partial charge in [-0.2, -0.15) is 18.3 Å². The van der Waals surface area contributed by atoms with Gasteiger partial charge >= 0.3 is 6.18 Å². The fourth-order valence-electron chi connectivity index (χ4n) is 2.49. The maximum Gasteiger partial charge on any atom is 0.406 e. The number of nitrogens with zero attached hydrogens (tertiary/aromatic N) is 4. The molecule has 0 fully saturated rings. The first-order valence-corrected chi connectivity index (χ1v) is 7.36. The molecule has 0 unspecified atom stereocenters. The van der Waals surface area contributed by atoms with Gasteiger partial charge in [0.1, 0.15) is 12.4 Å². The molecule has 0 bridgehead atoms. The van der Waals surface area contributed by atoms with Gasteiger partial charge in [-0.3, -0.25) is 9.69 Å². The zero-order valence-electron chi connectivity index (χ0n) is 12.9. The zero-order valence-corrected chi connectivity index (χ0v) is 12.9. The second kappa shape index (κ2) is 6.14. The molecule has 0 aromatic carbocycles. The maximum absolute atomic E-state index is 13.0. The van der Waals surface area contributed by atoms with Crippen LogP contribution in [0.4, 0.5) is 19.0 Å². The summed E-state index contributed by atoms with van der Waals surface area (Å²) in [7, 11) is 0. The van der Waals surface area contributed by atoms with Gasteiger partial charge in [0.2, 0.25) is 5.88 Å². The monoisotopic (exact) mass is 340 g/mol. The molecule has 2 aromatic heterocycles. The highest BCUT2D eigenvalue weighted by atomic mass is 19.4. The van der Waals surface area contributed by atoms with Gasteiger partial charge in [0.05, 0.1) is 6.61 Å². The average Bonchev–Trinajstić information content (AvgIpc) is 2.96. The summed E-state index contributed by atoms with van der Waals surface area (Å²) in [5, 5.41) is 4.06. The van der Waals surface area contributed by atoms with Crippen LogP contribution < -0.4 is 9.64 Å². The van der Waals surface area contributed by atoms with Gasteiger partial charge in [-0.1, -0.05) is 6.07 Å². The Morgan fingerprint density at radius 1 is 1.46 bits per heavy atom. The number of pyridine rings is 1. The fraction of sp³-hybridized carbons (Fsp3) is 0.400. The van der Waals surface area contributed by atoms with E-state index in [1.165, 1.54) is 16.9 Å². The van der Waals surface area contributed by atoms with Gasteiger partial charge in [0.25, 0.3) is 5.91 Å². The van der Waals surface area contributed by atoms with Gasteiger partial charge in [0.15, 0.2) is 5.69 Å². The first-order chi connectivity index (χ1) is 11.3. The number of hydrogen-bond donors (Lipinski definition) is 0. The largest absolute Gasteiger partial charge is 0.478 e. The van der Waals surface area contributed by atoms with E-state index in [1.807, 2.05) is 0 Å². The van der Waals surface area contributed by atoms with Gasteiger partial charge in [-0.25, -0.2) is 9.67 Å².